The smallest absolute Gasteiger partial charge is 0.240 e. The number of hydrogen-bond donors (Lipinski definition) is 1. The lowest BCUT2D eigenvalue weighted by atomic mass is 9.63. The van der Waals surface area contributed by atoms with Crippen LogP contribution in [0.5, 0.6) is 0 Å². The number of hydrogen-bond acceptors (Lipinski definition) is 2. The Balaban J connectivity index is 1.96. The van der Waals surface area contributed by atoms with E-state index >= 15 is 0 Å². The molecule has 2 aliphatic rings. The van der Waals surface area contributed by atoms with E-state index in [1.807, 2.05) is 0 Å². The molecule has 0 saturated heterocycles. The van der Waals surface area contributed by atoms with Gasteiger partial charge in [-0.25, -0.2) is 0 Å². The first-order valence-electron chi connectivity index (χ1n) is 7.33. The highest BCUT2D eigenvalue weighted by molar-refractivity contribution is 5.86. The first kappa shape index (κ1) is 13.4. The SMILES string of the molecule is CCC1CCCCC1NC(=O)C1(C#N)CC(C)C1. The van der Waals surface area contributed by atoms with Crippen molar-refractivity contribution in [1.29, 1.82) is 5.26 Å². The zero-order chi connectivity index (χ0) is 13.2. The summed E-state index contributed by atoms with van der Waals surface area (Å²) in [5.41, 5.74) is -0.713. The lowest BCUT2D eigenvalue weighted by Gasteiger charge is -2.41. The zero-order valence-corrected chi connectivity index (χ0v) is 11.5. The van der Waals surface area contributed by atoms with Crippen molar-refractivity contribution in [2.45, 2.75) is 64.8 Å². The molecule has 0 aromatic carbocycles. The number of rotatable bonds is 3. The van der Waals surface area contributed by atoms with Crippen molar-refractivity contribution in [2.75, 3.05) is 0 Å². The van der Waals surface area contributed by atoms with E-state index in [-0.39, 0.29) is 5.91 Å². The van der Waals surface area contributed by atoms with Crippen molar-refractivity contribution in [1.82, 2.24) is 5.32 Å². The van der Waals surface area contributed by atoms with E-state index in [1.54, 1.807) is 0 Å². The van der Waals surface area contributed by atoms with Crippen molar-refractivity contribution >= 4 is 5.91 Å². The molecule has 1 amide bonds. The van der Waals surface area contributed by atoms with Crippen LogP contribution >= 0.6 is 0 Å². The predicted octanol–water partition coefficient (Wildman–Crippen LogP) is 3.01. The van der Waals surface area contributed by atoms with Gasteiger partial charge in [0.15, 0.2) is 0 Å². The van der Waals surface area contributed by atoms with Crippen molar-refractivity contribution in [3.05, 3.63) is 0 Å². The fourth-order valence-corrected chi connectivity index (χ4v) is 3.65. The van der Waals surface area contributed by atoms with Crippen LogP contribution in [0.3, 0.4) is 0 Å². The second kappa shape index (κ2) is 5.30. The molecule has 0 radical (unpaired) electrons. The van der Waals surface area contributed by atoms with Crippen LogP contribution in [0.15, 0.2) is 0 Å². The highest BCUT2D eigenvalue weighted by Crippen LogP contribution is 2.45. The van der Waals surface area contributed by atoms with E-state index in [0.717, 1.165) is 25.7 Å². The highest BCUT2D eigenvalue weighted by Gasteiger charge is 2.49. The van der Waals surface area contributed by atoms with Gasteiger partial charge in [0.1, 0.15) is 5.41 Å². The van der Waals surface area contributed by atoms with Gasteiger partial charge in [-0.15, -0.1) is 0 Å². The van der Waals surface area contributed by atoms with Gasteiger partial charge in [0.25, 0.3) is 0 Å². The van der Waals surface area contributed by atoms with Gasteiger partial charge in [-0.2, -0.15) is 5.26 Å². The summed E-state index contributed by atoms with van der Waals surface area (Å²) in [5.74, 6) is 1.12. The molecule has 3 nitrogen and oxygen atoms in total. The number of carbonyl (C=O) groups excluding carboxylic acids is 1. The summed E-state index contributed by atoms with van der Waals surface area (Å²) < 4.78 is 0. The minimum atomic E-state index is -0.713. The summed E-state index contributed by atoms with van der Waals surface area (Å²) in [4.78, 5) is 12.3. The van der Waals surface area contributed by atoms with Gasteiger partial charge < -0.3 is 5.32 Å². The van der Waals surface area contributed by atoms with E-state index in [0.29, 0.717) is 17.9 Å². The van der Waals surface area contributed by atoms with Crippen LogP contribution in [0.1, 0.15) is 58.8 Å². The number of nitrogens with zero attached hydrogens (tertiary/aromatic N) is 1. The van der Waals surface area contributed by atoms with Gasteiger partial charge >= 0.3 is 0 Å². The van der Waals surface area contributed by atoms with E-state index in [4.69, 9.17) is 0 Å². The van der Waals surface area contributed by atoms with Gasteiger partial charge in [-0.05, 0) is 37.5 Å². The first-order valence-corrected chi connectivity index (χ1v) is 7.33. The molecule has 18 heavy (non-hydrogen) atoms. The third kappa shape index (κ3) is 2.39. The minimum Gasteiger partial charge on any atom is -0.352 e. The van der Waals surface area contributed by atoms with Crippen molar-refractivity contribution in [3.63, 3.8) is 0 Å². The van der Waals surface area contributed by atoms with E-state index in [2.05, 4.69) is 25.2 Å². The first-order chi connectivity index (χ1) is 8.61. The second-order valence-corrected chi connectivity index (χ2v) is 6.24. The number of nitriles is 1. The van der Waals surface area contributed by atoms with Gasteiger partial charge in [0.05, 0.1) is 6.07 Å². The maximum Gasteiger partial charge on any atom is 0.240 e. The molecule has 0 aliphatic heterocycles. The topological polar surface area (TPSA) is 52.9 Å². The number of amides is 1. The molecule has 2 fully saturated rings. The van der Waals surface area contributed by atoms with Gasteiger partial charge in [-0.1, -0.05) is 33.1 Å². The molecule has 2 unspecified atom stereocenters. The van der Waals surface area contributed by atoms with Gasteiger partial charge in [0.2, 0.25) is 5.91 Å². The molecular formula is C15H24N2O. The molecule has 0 aromatic heterocycles. The molecule has 2 atom stereocenters. The monoisotopic (exact) mass is 248 g/mol. The molecule has 0 bridgehead atoms. The van der Waals surface area contributed by atoms with Crippen LogP contribution < -0.4 is 5.32 Å². The Morgan fingerprint density at radius 3 is 2.61 bits per heavy atom. The third-order valence-electron chi connectivity index (χ3n) is 4.79. The van der Waals surface area contributed by atoms with E-state index in [9.17, 15) is 10.1 Å². The molecule has 100 valence electrons. The molecule has 1 N–H and O–H groups in total. The Labute approximate surface area is 110 Å². The normalized spacial score (nSPS) is 39.5. The molecule has 3 heteroatoms. The largest absolute Gasteiger partial charge is 0.352 e. The van der Waals surface area contributed by atoms with Crippen LogP contribution in [0.25, 0.3) is 0 Å². The van der Waals surface area contributed by atoms with Crippen molar-refractivity contribution in [3.8, 4) is 6.07 Å². The Morgan fingerprint density at radius 2 is 2.06 bits per heavy atom. The van der Waals surface area contributed by atoms with Crippen LogP contribution in [0.4, 0.5) is 0 Å². The maximum absolute atomic E-state index is 12.3. The zero-order valence-electron chi connectivity index (χ0n) is 11.5. The molecular weight excluding hydrogens is 224 g/mol. The summed E-state index contributed by atoms with van der Waals surface area (Å²) in [6, 6.07) is 2.56. The average Bonchev–Trinajstić information content (AvgIpc) is 2.35. The highest BCUT2D eigenvalue weighted by atomic mass is 16.2. The lowest BCUT2D eigenvalue weighted by molar-refractivity contribution is -0.135. The molecule has 2 saturated carbocycles. The number of carbonyl (C=O) groups is 1. The summed E-state index contributed by atoms with van der Waals surface area (Å²) in [6.07, 6.45) is 7.39. The van der Waals surface area contributed by atoms with Gasteiger partial charge in [0, 0.05) is 6.04 Å². The average molecular weight is 248 g/mol. The molecule has 2 rings (SSSR count). The van der Waals surface area contributed by atoms with E-state index in [1.165, 1.54) is 19.3 Å². The van der Waals surface area contributed by atoms with Crippen LogP contribution in [-0.2, 0) is 4.79 Å². The summed E-state index contributed by atoms with van der Waals surface area (Å²) in [5, 5.41) is 12.4. The molecule has 2 aliphatic carbocycles. The molecule has 0 heterocycles. The number of nitrogens with one attached hydrogen (secondary N) is 1. The standard InChI is InChI=1S/C15H24N2O/c1-3-12-6-4-5-7-13(12)17-14(18)15(10-16)8-11(2)9-15/h11-13H,3-9H2,1-2H3,(H,17,18). The summed E-state index contributed by atoms with van der Waals surface area (Å²) in [6.45, 7) is 4.30. The second-order valence-electron chi connectivity index (χ2n) is 6.24. The third-order valence-corrected chi connectivity index (χ3v) is 4.79. The van der Waals surface area contributed by atoms with Gasteiger partial charge in [-0.3, -0.25) is 4.79 Å². The van der Waals surface area contributed by atoms with Crippen molar-refractivity contribution in [2.24, 2.45) is 17.3 Å². The minimum absolute atomic E-state index is 0.00606. The summed E-state index contributed by atoms with van der Waals surface area (Å²) >= 11 is 0. The fourth-order valence-electron chi connectivity index (χ4n) is 3.65. The van der Waals surface area contributed by atoms with Crippen LogP contribution in [0.2, 0.25) is 0 Å². The maximum atomic E-state index is 12.3. The lowest BCUT2D eigenvalue weighted by Crippen LogP contribution is -2.53. The quantitative estimate of drug-likeness (QED) is 0.834. The predicted molar refractivity (Wildman–Crippen MR) is 70.6 cm³/mol. The Bertz CT molecular complexity index is 352. The Morgan fingerprint density at radius 1 is 1.39 bits per heavy atom. The Kier molecular flexibility index (Phi) is 3.94. The van der Waals surface area contributed by atoms with Crippen LogP contribution in [0, 0.1) is 28.6 Å². The molecule has 0 aromatic rings. The van der Waals surface area contributed by atoms with Crippen molar-refractivity contribution < 1.29 is 4.79 Å². The molecule has 0 spiro atoms. The fraction of sp³-hybridized carbons (Fsp3) is 0.867. The van der Waals surface area contributed by atoms with Crippen LogP contribution in [-0.4, -0.2) is 11.9 Å². The summed E-state index contributed by atoms with van der Waals surface area (Å²) in [7, 11) is 0. The van der Waals surface area contributed by atoms with E-state index < -0.39 is 5.41 Å². The Hall–Kier alpha value is -1.04.